The Labute approximate surface area is 120 Å². The van der Waals surface area contributed by atoms with Gasteiger partial charge in [-0.25, -0.2) is 0 Å². The topological polar surface area (TPSA) is 42.0 Å². The largest absolute Gasteiger partial charge is 0.352 e. The first-order valence-electron chi connectivity index (χ1n) is 6.93. The molecule has 3 heteroatoms. The van der Waals surface area contributed by atoms with Crippen molar-refractivity contribution in [1.82, 2.24) is 10.3 Å². The summed E-state index contributed by atoms with van der Waals surface area (Å²) in [6.07, 6.45) is 4.34. The number of aromatic nitrogens is 1. The normalized spacial score (nSPS) is 10.3. The van der Waals surface area contributed by atoms with Gasteiger partial charge >= 0.3 is 0 Å². The molecule has 0 radical (unpaired) electrons. The minimum Gasteiger partial charge on any atom is -0.352 e. The highest BCUT2D eigenvalue weighted by molar-refractivity contribution is 5.95. The molecule has 20 heavy (non-hydrogen) atoms. The van der Waals surface area contributed by atoms with E-state index in [4.69, 9.17) is 0 Å². The second-order valence-electron chi connectivity index (χ2n) is 4.97. The van der Waals surface area contributed by atoms with Crippen LogP contribution in [-0.2, 0) is 0 Å². The van der Waals surface area contributed by atoms with E-state index in [-0.39, 0.29) is 5.91 Å². The van der Waals surface area contributed by atoms with Crippen LogP contribution in [0.25, 0.3) is 11.1 Å². The molecule has 0 aliphatic heterocycles. The number of amides is 1. The molecule has 0 aliphatic rings. The van der Waals surface area contributed by atoms with E-state index in [9.17, 15) is 4.79 Å². The lowest BCUT2D eigenvalue weighted by atomic mass is 9.97. The SMILES string of the molecule is CCCNC(=O)c1cncc(-c2cccc(C)c2C)c1. The number of nitrogens with zero attached hydrogens (tertiary/aromatic N) is 1. The fourth-order valence-corrected chi connectivity index (χ4v) is 2.12. The number of carbonyl (C=O) groups excluding carboxylic acids is 1. The predicted molar refractivity (Wildman–Crippen MR) is 81.8 cm³/mol. The van der Waals surface area contributed by atoms with Gasteiger partial charge in [0.05, 0.1) is 5.56 Å². The second-order valence-corrected chi connectivity index (χ2v) is 4.97. The molecule has 1 heterocycles. The molecule has 0 bridgehead atoms. The molecule has 1 aromatic heterocycles. The van der Waals surface area contributed by atoms with Crippen molar-refractivity contribution in [1.29, 1.82) is 0 Å². The number of pyridine rings is 1. The average molecular weight is 268 g/mol. The van der Waals surface area contributed by atoms with Gasteiger partial charge in [-0.2, -0.15) is 0 Å². The Bertz CT molecular complexity index is 620. The van der Waals surface area contributed by atoms with Gasteiger partial charge < -0.3 is 5.32 Å². The average Bonchev–Trinajstić information content (AvgIpc) is 2.47. The monoisotopic (exact) mass is 268 g/mol. The molecule has 0 fully saturated rings. The van der Waals surface area contributed by atoms with E-state index in [1.807, 2.05) is 19.1 Å². The maximum Gasteiger partial charge on any atom is 0.252 e. The van der Waals surface area contributed by atoms with E-state index in [2.05, 4.69) is 36.3 Å². The summed E-state index contributed by atoms with van der Waals surface area (Å²) in [4.78, 5) is 16.2. The van der Waals surface area contributed by atoms with Crippen molar-refractivity contribution in [3.63, 3.8) is 0 Å². The van der Waals surface area contributed by atoms with E-state index < -0.39 is 0 Å². The summed E-state index contributed by atoms with van der Waals surface area (Å²) < 4.78 is 0. The minimum atomic E-state index is -0.0634. The molecule has 0 aliphatic carbocycles. The van der Waals surface area contributed by atoms with Gasteiger partial charge in [0.25, 0.3) is 5.91 Å². The number of hydrogen-bond acceptors (Lipinski definition) is 2. The van der Waals surface area contributed by atoms with E-state index >= 15 is 0 Å². The maximum absolute atomic E-state index is 12.0. The Hall–Kier alpha value is -2.16. The van der Waals surface area contributed by atoms with Crippen LogP contribution >= 0.6 is 0 Å². The van der Waals surface area contributed by atoms with Crippen LogP contribution in [0.4, 0.5) is 0 Å². The van der Waals surface area contributed by atoms with Crippen molar-refractivity contribution in [2.45, 2.75) is 27.2 Å². The number of benzene rings is 1. The molecular weight excluding hydrogens is 248 g/mol. The summed E-state index contributed by atoms with van der Waals surface area (Å²) in [5.41, 5.74) is 5.18. The van der Waals surface area contributed by atoms with Crippen LogP contribution in [-0.4, -0.2) is 17.4 Å². The summed E-state index contributed by atoms with van der Waals surface area (Å²) in [5, 5.41) is 2.87. The fourth-order valence-electron chi connectivity index (χ4n) is 2.12. The second kappa shape index (κ2) is 6.33. The third kappa shape index (κ3) is 3.05. The van der Waals surface area contributed by atoms with Crippen molar-refractivity contribution in [3.8, 4) is 11.1 Å². The van der Waals surface area contributed by atoms with Gasteiger partial charge in [-0.3, -0.25) is 9.78 Å². The van der Waals surface area contributed by atoms with Crippen molar-refractivity contribution in [2.75, 3.05) is 6.54 Å². The Morgan fingerprint density at radius 1 is 1.25 bits per heavy atom. The molecule has 104 valence electrons. The lowest BCUT2D eigenvalue weighted by Gasteiger charge is -2.10. The van der Waals surface area contributed by atoms with Gasteiger partial charge in [0.2, 0.25) is 0 Å². The summed E-state index contributed by atoms with van der Waals surface area (Å²) in [7, 11) is 0. The van der Waals surface area contributed by atoms with Crippen molar-refractivity contribution in [2.24, 2.45) is 0 Å². The highest BCUT2D eigenvalue weighted by Crippen LogP contribution is 2.25. The Morgan fingerprint density at radius 3 is 2.80 bits per heavy atom. The summed E-state index contributed by atoms with van der Waals surface area (Å²) in [5.74, 6) is -0.0634. The number of carbonyl (C=O) groups is 1. The van der Waals surface area contributed by atoms with Crippen LogP contribution in [0.3, 0.4) is 0 Å². The molecule has 0 spiro atoms. The Balaban J connectivity index is 2.34. The van der Waals surface area contributed by atoms with Crippen LogP contribution in [0.15, 0.2) is 36.7 Å². The number of hydrogen-bond donors (Lipinski definition) is 1. The standard InChI is InChI=1S/C17H20N2O/c1-4-8-19-17(20)15-9-14(10-18-11-15)16-7-5-6-12(2)13(16)3/h5-7,9-11H,4,8H2,1-3H3,(H,19,20). The summed E-state index contributed by atoms with van der Waals surface area (Å²) in [6.45, 7) is 6.90. The molecular formula is C17H20N2O. The zero-order valence-electron chi connectivity index (χ0n) is 12.2. The molecule has 3 nitrogen and oxygen atoms in total. The fraction of sp³-hybridized carbons (Fsp3) is 0.294. The molecule has 1 aromatic carbocycles. The number of rotatable bonds is 4. The first-order valence-corrected chi connectivity index (χ1v) is 6.93. The van der Waals surface area contributed by atoms with Crippen molar-refractivity contribution < 1.29 is 4.79 Å². The van der Waals surface area contributed by atoms with E-state index in [0.29, 0.717) is 12.1 Å². The molecule has 0 saturated carbocycles. The zero-order valence-corrected chi connectivity index (χ0v) is 12.2. The predicted octanol–water partition coefficient (Wildman–Crippen LogP) is 3.51. The summed E-state index contributed by atoms with van der Waals surface area (Å²) in [6, 6.07) is 8.08. The first-order chi connectivity index (χ1) is 9.63. The highest BCUT2D eigenvalue weighted by Gasteiger charge is 2.09. The van der Waals surface area contributed by atoms with Crippen LogP contribution in [0.5, 0.6) is 0 Å². The summed E-state index contributed by atoms with van der Waals surface area (Å²) >= 11 is 0. The molecule has 1 amide bonds. The zero-order chi connectivity index (χ0) is 14.5. The lowest BCUT2D eigenvalue weighted by molar-refractivity contribution is 0.0953. The molecule has 2 rings (SSSR count). The van der Waals surface area contributed by atoms with Gasteiger partial charge in [-0.15, -0.1) is 0 Å². The minimum absolute atomic E-state index is 0.0634. The van der Waals surface area contributed by atoms with Crippen LogP contribution in [0.1, 0.15) is 34.8 Å². The van der Waals surface area contributed by atoms with Gasteiger partial charge in [-0.1, -0.05) is 25.1 Å². The third-order valence-electron chi connectivity index (χ3n) is 3.45. The van der Waals surface area contributed by atoms with Gasteiger partial charge in [0.1, 0.15) is 0 Å². The van der Waals surface area contributed by atoms with Crippen molar-refractivity contribution in [3.05, 3.63) is 53.3 Å². The Morgan fingerprint density at radius 2 is 2.05 bits per heavy atom. The highest BCUT2D eigenvalue weighted by atomic mass is 16.1. The molecule has 0 atom stereocenters. The maximum atomic E-state index is 12.0. The molecule has 0 unspecified atom stereocenters. The van der Waals surface area contributed by atoms with Crippen molar-refractivity contribution >= 4 is 5.91 Å². The Kier molecular flexibility index (Phi) is 4.51. The lowest BCUT2D eigenvalue weighted by Crippen LogP contribution is -2.24. The van der Waals surface area contributed by atoms with Gasteiger partial charge in [0.15, 0.2) is 0 Å². The number of aryl methyl sites for hydroxylation is 1. The van der Waals surface area contributed by atoms with Crippen LogP contribution in [0.2, 0.25) is 0 Å². The quantitative estimate of drug-likeness (QED) is 0.922. The van der Waals surface area contributed by atoms with Gasteiger partial charge in [-0.05, 0) is 43.0 Å². The molecule has 0 saturated heterocycles. The van der Waals surface area contributed by atoms with Crippen LogP contribution in [0, 0.1) is 13.8 Å². The van der Waals surface area contributed by atoms with Gasteiger partial charge in [0, 0.05) is 24.5 Å². The smallest absolute Gasteiger partial charge is 0.252 e. The molecule has 1 N–H and O–H groups in total. The molecule has 2 aromatic rings. The third-order valence-corrected chi connectivity index (χ3v) is 3.45. The van der Waals surface area contributed by atoms with E-state index in [0.717, 1.165) is 17.5 Å². The van der Waals surface area contributed by atoms with E-state index in [1.165, 1.54) is 11.1 Å². The first kappa shape index (κ1) is 14.3. The number of nitrogens with one attached hydrogen (secondary N) is 1. The van der Waals surface area contributed by atoms with E-state index in [1.54, 1.807) is 12.4 Å². The van der Waals surface area contributed by atoms with Crippen LogP contribution < -0.4 is 5.32 Å².